The van der Waals surface area contributed by atoms with Crippen LogP contribution in [-0.4, -0.2) is 58.4 Å². The highest BCUT2D eigenvalue weighted by Crippen LogP contribution is 2.38. The van der Waals surface area contributed by atoms with Crippen LogP contribution in [0.15, 0.2) is 24.5 Å². The zero-order valence-corrected chi connectivity index (χ0v) is 13.8. The van der Waals surface area contributed by atoms with Crippen LogP contribution >= 0.6 is 0 Å². The first-order chi connectivity index (χ1) is 11.6. The maximum Gasteiger partial charge on any atom is 0.225 e. The van der Waals surface area contributed by atoms with Gasteiger partial charge >= 0.3 is 0 Å². The van der Waals surface area contributed by atoms with Crippen molar-refractivity contribution < 1.29 is 19.4 Å². The summed E-state index contributed by atoms with van der Waals surface area (Å²) in [6.45, 7) is 2.00. The van der Waals surface area contributed by atoms with Crippen molar-refractivity contribution in [2.24, 2.45) is 5.92 Å². The lowest BCUT2D eigenvalue weighted by atomic mass is 9.80. The Balaban J connectivity index is 1.36. The molecule has 3 fully saturated rings. The number of likely N-dealkylation sites (tertiary alicyclic amines) is 1. The van der Waals surface area contributed by atoms with E-state index in [0.717, 1.165) is 31.6 Å². The first kappa shape index (κ1) is 15.8. The van der Waals surface area contributed by atoms with Gasteiger partial charge in [0.1, 0.15) is 11.9 Å². The number of hydrogen-bond acceptors (Lipinski definition) is 5. The van der Waals surface area contributed by atoms with E-state index < -0.39 is 0 Å². The first-order valence-corrected chi connectivity index (χ1v) is 8.81. The monoisotopic (exact) mass is 332 g/mol. The average molecular weight is 332 g/mol. The molecule has 0 bridgehead atoms. The smallest absolute Gasteiger partial charge is 0.225 e. The molecule has 6 nitrogen and oxygen atoms in total. The van der Waals surface area contributed by atoms with Gasteiger partial charge in [0.05, 0.1) is 24.5 Å². The molecule has 2 atom stereocenters. The number of amides is 1. The largest absolute Gasteiger partial charge is 0.486 e. The predicted molar refractivity (Wildman–Crippen MR) is 86.5 cm³/mol. The van der Waals surface area contributed by atoms with Gasteiger partial charge in [0.2, 0.25) is 5.91 Å². The number of carbonyl (C=O) groups is 1. The Morgan fingerprint density at radius 3 is 3.08 bits per heavy atom. The molecule has 3 aliphatic rings. The number of hydrogen-bond donors (Lipinski definition) is 1. The maximum atomic E-state index is 12.6. The summed E-state index contributed by atoms with van der Waals surface area (Å²) < 4.78 is 12.1. The number of aliphatic hydroxyl groups is 1. The summed E-state index contributed by atoms with van der Waals surface area (Å²) in [6, 6.07) is 3.76. The predicted octanol–water partition coefficient (Wildman–Crippen LogP) is 1.38. The van der Waals surface area contributed by atoms with Crippen LogP contribution in [0.25, 0.3) is 0 Å². The van der Waals surface area contributed by atoms with Gasteiger partial charge in [0.25, 0.3) is 0 Å². The lowest BCUT2D eigenvalue weighted by Crippen LogP contribution is -2.53. The number of aromatic nitrogens is 1. The summed E-state index contributed by atoms with van der Waals surface area (Å²) in [5, 5.41) is 9.43. The molecule has 1 aliphatic carbocycles. The molecule has 1 aromatic heterocycles. The number of ether oxygens (including phenoxy) is 2. The Kier molecular flexibility index (Phi) is 4.18. The zero-order chi connectivity index (χ0) is 16.6. The van der Waals surface area contributed by atoms with Crippen molar-refractivity contribution in [3.05, 3.63) is 24.5 Å². The average Bonchev–Trinajstić information content (AvgIpc) is 2.94. The maximum absolute atomic E-state index is 12.6. The Hall–Kier alpha value is -1.66. The quantitative estimate of drug-likeness (QED) is 0.905. The second kappa shape index (κ2) is 6.33. The molecule has 130 valence electrons. The highest BCUT2D eigenvalue weighted by atomic mass is 16.6. The highest BCUT2D eigenvalue weighted by molar-refractivity contribution is 5.80. The molecule has 1 N–H and O–H groups in total. The minimum absolute atomic E-state index is 0.000932. The molecule has 4 rings (SSSR count). The van der Waals surface area contributed by atoms with Gasteiger partial charge in [-0.05, 0) is 37.8 Å². The summed E-state index contributed by atoms with van der Waals surface area (Å²) >= 11 is 0. The van der Waals surface area contributed by atoms with E-state index in [1.54, 1.807) is 12.4 Å². The van der Waals surface area contributed by atoms with Crippen molar-refractivity contribution in [2.45, 2.75) is 49.9 Å². The minimum Gasteiger partial charge on any atom is -0.486 e. The Morgan fingerprint density at radius 1 is 1.46 bits per heavy atom. The van der Waals surface area contributed by atoms with E-state index in [9.17, 15) is 9.90 Å². The van der Waals surface area contributed by atoms with E-state index in [0.29, 0.717) is 26.0 Å². The van der Waals surface area contributed by atoms with Gasteiger partial charge in [-0.25, -0.2) is 0 Å². The van der Waals surface area contributed by atoms with E-state index in [2.05, 4.69) is 4.98 Å². The molecule has 2 aliphatic heterocycles. The second-order valence-corrected chi connectivity index (χ2v) is 7.31. The van der Waals surface area contributed by atoms with Gasteiger partial charge < -0.3 is 19.5 Å². The van der Waals surface area contributed by atoms with Crippen LogP contribution in [0.4, 0.5) is 0 Å². The molecule has 0 radical (unpaired) electrons. The molecule has 2 saturated heterocycles. The standard InChI is InChI=1S/C18H24N2O4/c21-14-7-13(8-14)17(22)20-6-2-4-18(12-20)9-16(11-23-18)24-15-3-1-5-19-10-15/h1,3,5,10,13-14,16,21H,2,4,6-9,11-12H2. The van der Waals surface area contributed by atoms with Crippen LogP contribution in [0.5, 0.6) is 5.75 Å². The minimum atomic E-state index is -0.294. The fraction of sp³-hybridized carbons (Fsp3) is 0.667. The Bertz CT molecular complexity index is 590. The van der Waals surface area contributed by atoms with E-state index in [-0.39, 0.29) is 29.6 Å². The van der Waals surface area contributed by atoms with Crippen molar-refractivity contribution in [3.63, 3.8) is 0 Å². The van der Waals surface area contributed by atoms with Crippen molar-refractivity contribution in [1.29, 1.82) is 0 Å². The number of aliphatic hydroxyl groups excluding tert-OH is 1. The first-order valence-electron chi connectivity index (χ1n) is 8.81. The van der Waals surface area contributed by atoms with E-state index in [1.165, 1.54) is 0 Å². The van der Waals surface area contributed by atoms with Gasteiger partial charge in [-0.3, -0.25) is 9.78 Å². The highest BCUT2D eigenvalue weighted by Gasteiger charge is 2.47. The topological polar surface area (TPSA) is 71.9 Å². The van der Waals surface area contributed by atoms with Crippen LogP contribution in [0.2, 0.25) is 0 Å². The van der Waals surface area contributed by atoms with Crippen LogP contribution in [-0.2, 0) is 9.53 Å². The van der Waals surface area contributed by atoms with Crippen molar-refractivity contribution in [3.8, 4) is 5.75 Å². The molecular weight excluding hydrogens is 308 g/mol. The van der Waals surface area contributed by atoms with Crippen LogP contribution in [0, 0.1) is 5.92 Å². The van der Waals surface area contributed by atoms with Crippen molar-refractivity contribution in [1.82, 2.24) is 9.88 Å². The molecule has 6 heteroatoms. The lowest BCUT2D eigenvalue weighted by Gasteiger charge is -2.42. The van der Waals surface area contributed by atoms with Gasteiger partial charge in [-0.2, -0.15) is 0 Å². The molecule has 1 saturated carbocycles. The normalized spacial score (nSPS) is 35.7. The molecule has 1 aromatic rings. The summed E-state index contributed by atoms with van der Waals surface area (Å²) in [5.74, 6) is 0.939. The molecular formula is C18H24N2O4. The number of nitrogens with zero attached hydrogens (tertiary/aromatic N) is 2. The van der Waals surface area contributed by atoms with Crippen LogP contribution in [0.1, 0.15) is 32.1 Å². The molecule has 2 unspecified atom stereocenters. The third kappa shape index (κ3) is 3.13. The third-order valence-corrected chi connectivity index (χ3v) is 5.43. The summed E-state index contributed by atoms with van der Waals surface area (Å²) in [4.78, 5) is 18.6. The van der Waals surface area contributed by atoms with E-state index in [4.69, 9.17) is 9.47 Å². The third-order valence-electron chi connectivity index (χ3n) is 5.43. The molecule has 24 heavy (non-hydrogen) atoms. The molecule has 3 heterocycles. The fourth-order valence-corrected chi connectivity index (χ4v) is 4.11. The Morgan fingerprint density at radius 2 is 2.33 bits per heavy atom. The summed E-state index contributed by atoms with van der Waals surface area (Å²) in [7, 11) is 0. The number of rotatable bonds is 3. The fourth-order valence-electron chi connectivity index (χ4n) is 4.11. The number of pyridine rings is 1. The van der Waals surface area contributed by atoms with Crippen molar-refractivity contribution >= 4 is 5.91 Å². The van der Waals surface area contributed by atoms with E-state index in [1.807, 2.05) is 17.0 Å². The Labute approximate surface area is 141 Å². The van der Waals surface area contributed by atoms with Gasteiger partial charge in [-0.15, -0.1) is 0 Å². The zero-order valence-electron chi connectivity index (χ0n) is 13.8. The SMILES string of the molecule is O=C(C1CC(O)C1)N1CCCC2(CC(Oc3cccnc3)CO2)C1. The van der Waals surface area contributed by atoms with Crippen LogP contribution in [0.3, 0.4) is 0 Å². The summed E-state index contributed by atoms with van der Waals surface area (Å²) in [5.41, 5.74) is -0.275. The van der Waals surface area contributed by atoms with Gasteiger partial charge in [0, 0.05) is 31.6 Å². The molecule has 1 spiro atoms. The van der Waals surface area contributed by atoms with Gasteiger partial charge in [-0.1, -0.05) is 0 Å². The lowest BCUT2D eigenvalue weighted by molar-refractivity contribution is -0.150. The summed E-state index contributed by atoms with van der Waals surface area (Å²) in [6.07, 6.45) is 7.10. The van der Waals surface area contributed by atoms with E-state index >= 15 is 0 Å². The number of carbonyl (C=O) groups excluding carboxylic acids is 1. The molecule has 0 aromatic carbocycles. The van der Waals surface area contributed by atoms with Crippen LogP contribution < -0.4 is 4.74 Å². The van der Waals surface area contributed by atoms with Crippen molar-refractivity contribution in [2.75, 3.05) is 19.7 Å². The molecule has 1 amide bonds. The van der Waals surface area contributed by atoms with Gasteiger partial charge in [0.15, 0.2) is 0 Å². The number of piperidine rings is 1. The second-order valence-electron chi connectivity index (χ2n) is 7.31.